The molecule has 3 unspecified atom stereocenters. The average molecular weight is 229 g/mol. The van der Waals surface area contributed by atoms with Crippen LogP contribution < -0.4 is 5.32 Å². The number of rotatable bonds is 5. The zero-order chi connectivity index (χ0) is 12.9. The Morgan fingerprint density at radius 1 is 1.31 bits per heavy atom. The Morgan fingerprint density at radius 2 is 1.81 bits per heavy atom. The predicted molar refractivity (Wildman–Crippen MR) is 67.1 cm³/mol. The highest BCUT2D eigenvalue weighted by Crippen LogP contribution is 2.19. The number of hydrogen-bond acceptors (Lipinski definition) is 2. The lowest BCUT2D eigenvalue weighted by Gasteiger charge is -2.27. The minimum atomic E-state index is -0.499. The van der Waals surface area contributed by atoms with Gasteiger partial charge in [0.05, 0.1) is 6.10 Å². The van der Waals surface area contributed by atoms with Gasteiger partial charge >= 0.3 is 0 Å². The van der Waals surface area contributed by atoms with E-state index in [1.54, 1.807) is 0 Å². The van der Waals surface area contributed by atoms with Crippen molar-refractivity contribution in [2.75, 3.05) is 6.54 Å². The zero-order valence-corrected chi connectivity index (χ0v) is 11.5. The molecular weight excluding hydrogens is 202 g/mol. The largest absolute Gasteiger partial charge is 0.391 e. The molecule has 2 N–H and O–H groups in total. The lowest BCUT2D eigenvalue weighted by molar-refractivity contribution is -0.126. The van der Waals surface area contributed by atoms with Crippen LogP contribution in [0.3, 0.4) is 0 Å². The topological polar surface area (TPSA) is 49.3 Å². The number of aliphatic hydroxyl groups excluding tert-OH is 1. The van der Waals surface area contributed by atoms with E-state index in [0.717, 1.165) is 6.42 Å². The molecular formula is C13H27NO2. The lowest BCUT2D eigenvalue weighted by atomic mass is 9.88. The summed E-state index contributed by atoms with van der Waals surface area (Å²) < 4.78 is 0. The van der Waals surface area contributed by atoms with E-state index in [0.29, 0.717) is 12.5 Å². The first-order chi connectivity index (χ1) is 7.20. The highest BCUT2D eigenvalue weighted by atomic mass is 16.3. The van der Waals surface area contributed by atoms with Gasteiger partial charge in [-0.1, -0.05) is 48.0 Å². The van der Waals surface area contributed by atoms with Crippen molar-refractivity contribution in [1.29, 1.82) is 0 Å². The van der Waals surface area contributed by atoms with Crippen molar-refractivity contribution in [3.63, 3.8) is 0 Å². The van der Waals surface area contributed by atoms with Crippen LogP contribution in [0.5, 0.6) is 0 Å². The number of carbonyl (C=O) groups is 1. The fraction of sp³-hybridized carbons (Fsp3) is 0.923. The third kappa shape index (κ3) is 4.97. The molecule has 0 radical (unpaired) electrons. The van der Waals surface area contributed by atoms with Crippen LogP contribution in [0.15, 0.2) is 0 Å². The number of hydrogen-bond donors (Lipinski definition) is 2. The summed E-state index contributed by atoms with van der Waals surface area (Å²) in [6.07, 6.45) is 0.497. The Hall–Kier alpha value is -0.570. The summed E-state index contributed by atoms with van der Waals surface area (Å²) in [5.74, 6) is 0.432. The van der Waals surface area contributed by atoms with Crippen LogP contribution >= 0.6 is 0 Å². The van der Waals surface area contributed by atoms with Gasteiger partial charge in [0.15, 0.2) is 0 Å². The molecule has 16 heavy (non-hydrogen) atoms. The number of aliphatic hydroxyl groups is 1. The van der Waals surface area contributed by atoms with Crippen molar-refractivity contribution >= 4 is 5.91 Å². The van der Waals surface area contributed by atoms with Crippen molar-refractivity contribution in [2.24, 2.45) is 17.3 Å². The van der Waals surface area contributed by atoms with E-state index in [4.69, 9.17) is 0 Å². The van der Waals surface area contributed by atoms with E-state index in [2.05, 4.69) is 19.2 Å². The van der Waals surface area contributed by atoms with E-state index < -0.39 is 6.10 Å². The predicted octanol–water partition coefficient (Wildman–Crippen LogP) is 2.19. The fourth-order valence-corrected chi connectivity index (χ4v) is 1.28. The summed E-state index contributed by atoms with van der Waals surface area (Å²) in [5.41, 5.74) is -0.188. The maximum Gasteiger partial charge on any atom is 0.223 e. The molecule has 0 aliphatic heterocycles. The monoisotopic (exact) mass is 229 g/mol. The summed E-state index contributed by atoms with van der Waals surface area (Å²) in [4.78, 5) is 11.8. The summed E-state index contributed by atoms with van der Waals surface area (Å²) in [6.45, 7) is 12.3. The smallest absolute Gasteiger partial charge is 0.223 e. The van der Waals surface area contributed by atoms with E-state index in [1.807, 2.05) is 27.7 Å². The Bertz CT molecular complexity index is 220. The van der Waals surface area contributed by atoms with Crippen LogP contribution in [0.1, 0.15) is 48.0 Å². The van der Waals surface area contributed by atoms with Gasteiger partial charge < -0.3 is 10.4 Å². The van der Waals surface area contributed by atoms with Gasteiger partial charge in [0.25, 0.3) is 0 Å². The molecule has 0 aromatic heterocycles. The standard InChI is InChI=1S/C13H27NO2/c1-7-9(2)10(3)12(16)14-8-11(15)13(4,5)6/h9-11,15H,7-8H2,1-6H3,(H,14,16). The zero-order valence-electron chi connectivity index (χ0n) is 11.5. The lowest BCUT2D eigenvalue weighted by Crippen LogP contribution is -2.42. The van der Waals surface area contributed by atoms with Crippen LogP contribution in [-0.4, -0.2) is 23.7 Å². The molecule has 3 heteroatoms. The van der Waals surface area contributed by atoms with Gasteiger partial charge in [0.2, 0.25) is 5.91 Å². The fourth-order valence-electron chi connectivity index (χ4n) is 1.28. The Labute approximate surface area is 99.6 Å². The summed E-state index contributed by atoms with van der Waals surface area (Å²) >= 11 is 0. The van der Waals surface area contributed by atoms with Crippen molar-refractivity contribution in [1.82, 2.24) is 5.32 Å². The second kappa shape index (κ2) is 6.24. The summed E-state index contributed by atoms with van der Waals surface area (Å²) in [5, 5.41) is 12.6. The summed E-state index contributed by atoms with van der Waals surface area (Å²) in [6, 6.07) is 0. The van der Waals surface area contributed by atoms with Crippen LogP contribution in [0, 0.1) is 17.3 Å². The first-order valence-corrected chi connectivity index (χ1v) is 6.15. The van der Waals surface area contributed by atoms with Crippen molar-refractivity contribution in [2.45, 2.75) is 54.1 Å². The number of amides is 1. The van der Waals surface area contributed by atoms with E-state index in [1.165, 1.54) is 0 Å². The second-order valence-corrected chi connectivity index (χ2v) is 5.80. The molecule has 0 aliphatic rings. The first kappa shape index (κ1) is 15.4. The SMILES string of the molecule is CCC(C)C(C)C(=O)NCC(O)C(C)(C)C. The first-order valence-electron chi connectivity index (χ1n) is 6.15. The maximum absolute atomic E-state index is 11.8. The highest BCUT2D eigenvalue weighted by Gasteiger charge is 2.24. The third-order valence-electron chi connectivity index (χ3n) is 3.38. The van der Waals surface area contributed by atoms with Gasteiger partial charge in [-0.05, 0) is 11.3 Å². The molecule has 0 aromatic carbocycles. The third-order valence-corrected chi connectivity index (χ3v) is 3.38. The molecule has 0 fully saturated rings. The molecule has 0 heterocycles. The van der Waals surface area contributed by atoms with Gasteiger partial charge in [-0.3, -0.25) is 4.79 Å². The Balaban J connectivity index is 4.08. The molecule has 0 spiro atoms. The molecule has 3 nitrogen and oxygen atoms in total. The molecule has 0 saturated carbocycles. The average Bonchev–Trinajstić information content (AvgIpc) is 2.21. The van der Waals surface area contributed by atoms with Gasteiger partial charge in [0, 0.05) is 12.5 Å². The van der Waals surface area contributed by atoms with E-state index >= 15 is 0 Å². The Morgan fingerprint density at radius 3 is 2.19 bits per heavy atom. The van der Waals surface area contributed by atoms with Crippen molar-refractivity contribution in [3.8, 4) is 0 Å². The van der Waals surface area contributed by atoms with Crippen LogP contribution in [0.2, 0.25) is 0 Å². The van der Waals surface area contributed by atoms with E-state index in [-0.39, 0.29) is 17.2 Å². The van der Waals surface area contributed by atoms with Crippen LogP contribution in [0.4, 0.5) is 0 Å². The van der Waals surface area contributed by atoms with Gasteiger partial charge in [-0.25, -0.2) is 0 Å². The van der Waals surface area contributed by atoms with Gasteiger partial charge in [0.1, 0.15) is 0 Å². The summed E-state index contributed by atoms with van der Waals surface area (Å²) in [7, 11) is 0. The maximum atomic E-state index is 11.8. The van der Waals surface area contributed by atoms with Crippen LogP contribution in [-0.2, 0) is 4.79 Å². The molecule has 0 bridgehead atoms. The number of nitrogens with one attached hydrogen (secondary N) is 1. The molecule has 0 aromatic rings. The van der Waals surface area contributed by atoms with Gasteiger partial charge in [-0.2, -0.15) is 0 Å². The Kier molecular flexibility index (Phi) is 6.01. The number of carbonyl (C=O) groups excluding carboxylic acids is 1. The van der Waals surface area contributed by atoms with Crippen molar-refractivity contribution < 1.29 is 9.90 Å². The van der Waals surface area contributed by atoms with E-state index in [9.17, 15) is 9.90 Å². The minimum Gasteiger partial charge on any atom is -0.391 e. The molecule has 0 aliphatic carbocycles. The molecule has 3 atom stereocenters. The minimum absolute atomic E-state index is 0.0113. The quantitative estimate of drug-likeness (QED) is 0.759. The normalized spacial score (nSPS) is 17.7. The molecule has 96 valence electrons. The van der Waals surface area contributed by atoms with Gasteiger partial charge in [-0.15, -0.1) is 0 Å². The van der Waals surface area contributed by atoms with Crippen LogP contribution in [0.25, 0.3) is 0 Å². The molecule has 0 rings (SSSR count). The molecule has 0 saturated heterocycles. The van der Waals surface area contributed by atoms with Crippen molar-refractivity contribution in [3.05, 3.63) is 0 Å². The highest BCUT2D eigenvalue weighted by molar-refractivity contribution is 5.78. The molecule has 1 amide bonds. The second-order valence-electron chi connectivity index (χ2n) is 5.80.